The Morgan fingerprint density at radius 1 is 1.47 bits per heavy atom. The minimum atomic E-state index is -0.479. The molecule has 0 spiro atoms. The lowest BCUT2D eigenvalue weighted by atomic mass is 10.2. The van der Waals surface area contributed by atoms with Gasteiger partial charge in [0.15, 0.2) is 0 Å². The van der Waals surface area contributed by atoms with Gasteiger partial charge in [0.25, 0.3) is 0 Å². The molecule has 0 radical (unpaired) electrons. The molecule has 3 N–H and O–H groups in total. The summed E-state index contributed by atoms with van der Waals surface area (Å²) < 4.78 is 0. The van der Waals surface area contributed by atoms with Gasteiger partial charge in [-0.2, -0.15) is 10.4 Å². The number of nitrogens with zero attached hydrogens (tertiary/aromatic N) is 3. The van der Waals surface area contributed by atoms with Gasteiger partial charge in [0.05, 0.1) is 11.8 Å². The van der Waals surface area contributed by atoms with E-state index >= 15 is 0 Å². The number of carbonyl (C=O) groups is 1. The Hall–Kier alpha value is -2.42. The Morgan fingerprint density at radius 3 is 2.67 bits per heavy atom. The first kappa shape index (κ1) is 10.7. The Kier molecular flexibility index (Phi) is 3.79. The Labute approximate surface area is 86.4 Å². The minimum Gasteiger partial charge on any atom is -0.366 e. The van der Waals surface area contributed by atoms with Gasteiger partial charge < -0.3 is 5.73 Å². The lowest BCUT2D eigenvalue weighted by Gasteiger charge is -1.99. The maximum absolute atomic E-state index is 10.7. The van der Waals surface area contributed by atoms with E-state index in [1.807, 2.05) is 6.07 Å². The molecule has 6 heteroatoms. The summed E-state index contributed by atoms with van der Waals surface area (Å²) >= 11 is 0. The number of rotatable bonds is 4. The topological polar surface area (TPSA) is 104 Å². The number of carbonyl (C=O) groups excluding carboxylic acids is 1. The fraction of sp³-hybridized carbons (Fsp3) is 0.111. The van der Waals surface area contributed by atoms with E-state index in [2.05, 4.69) is 15.8 Å². The molecule has 0 saturated carbocycles. The predicted octanol–water partition coefficient (Wildman–Crippen LogP) is 1.09. The van der Waals surface area contributed by atoms with Gasteiger partial charge in [0, 0.05) is 5.56 Å². The van der Waals surface area contributed by atoms with E-state index in [9.17, 15) is 4.79 Å². The highest BCUT2D eigenvalue weighted by molar-refractivity contribution is 5.93. The van der Waals surface area contributed by atoms with Crippen LogP contribution in [0.4, 0.5) is 5.69 Å². The number of amides is 1. The van der Waals surface area contributed by atoms with E-state index < -0.39 is 5.91 Å². The molecule has 1 amide bonds. The highest BCUT2D eigenvalue weighted by Gasteiger charge is 1.98. The molecule has 6 nitrogen and oxygen atoms in total. The van der Waals surface area contributed by atoms with Gasteiger partial charge in [-0.1, -0.05) is 5.22 Å². The first-order valence-corrected chi connectivity index (χ1v) is 4.13. The molecular formula is C9H9N5O. The molecular weight excluding hydrogens is 194 g/mol. The number of nitrogens with two attached hydrogens (primary N) is 1. The quantitative estimate of drug-likeness (QED) is 0.434. The third kappa shape index (κ3) is 3.44. The van der Waals surface area contributed by atoms with Gasteiger partial charge in [0.1, 0.15) is 6.54 Å². The third-order valence-electron chi connectivity index (χ3n) is 1.56. The largest absolute Gasteiger partial charge is 0.366 e. The van der Waals surface area contributed by atoms with Gasteiger partial charge in [-0.15, -0.1) is 0 Å². The molecule has 15 heavy (non-hydrogen) atoms. The number of hydrogen-bond acceptors (Lipinski definition) is 4. The fourth-order valence-corrected chi connectivity index (χ4v) is 0.869. The summed E-state index contributed by atoms with van der Waals surface area (Å²) in [7, 11) is 0. The molecule has 0 atom stereocenters. The zero-order valence-corrected chi connectivity index (χ0v) is 7.84. The first-order valence-electron chi connectivity index (χ1n) is 4.13. The van der Waals surface area contributed by atoms with Gasteiger partial charge in [0.2, 0.25) is 5.91 Å². The molecule has 0 heterocycles. The number of hydrogen-bond donors (Lipinski definition) is 2. The smallest absolute Gasteiger partial charge is 0.248 e. The first-order chi connectivity index (χ1) is 7.24. The van der Waals surface area contributed by atoms with Gasteiger partial charge >= 0.3 is 0 Å². The fourth-order valence-electron chi connectivity index (χ4n) is 0.869. The van der Waals surface area contributed by atoms with E-state index in [1.165, 1.54) is 0 Å². The summed E-state index contributed by atoms with van der Waals surface area (Å²) in [6.07, 6.45) is 0. The Bertz CT molecular complexity index is 404. The molecule has 0 aliphatic heterocycles. The summed E-state index contributed by atoms with van der Waals surface area (Å²) in [4.78, 5) is 10.7. The number of benzene rings is 1. The Balaban J connectivity index is 2.58. The van der Waals surface area contributed by atoms with Gasteiger partial charge in [-0.25, -0.2) is 0 Å². The van der Waals surface area contributed by atoms with E-state index in [0.29, 0.717) is 11.3 Å². The van der Waals surface area contributed by atoms with Crippen molar-refractivity contribution in [2.45, 2.75) is 0 Å². The molecule has 0 aliphatic rings. The van der Waals surface area contributed by atoms with Crippen molar-refractivity contribution in [2.24, 2.45) is 16.1 Å². The predicted molar refractivity (Wildman–Crippen MR) is 53.9 cm³/mol. The van der Waals surface area contributed by atoms with Crippen LogP contribution in [0.25, 0.3) is 0 Å². The van der Waals surface area contributed by atoms with Crippen LogP contribution in [0.5, 0.6) is 0 Å². The normalized spacial score (nSPS) is 9.80. The highest BCUT2D eigenvalue weighted by Crippen LogP contribution is 2.08. The minimum absolute atomic E-state index is 0.00632. The van der Waals surface area contributed by atoms with Gasteiger partial charge in [-0.05, 0) is 24.3 Å². The van der Waals surface area contributed by atoms with Crippen molar-refractivity contribution < 1.29 is 4.79 Å². The van der Waals surface area contributed by atoms with Crippen molar-refractivity contribution in [1.82, 2.24) is 0 Å². The van der Waals surface area contributed by atoms with E-state index in [-0.39, 0.29) is 6.54 Å². The van der Waals surface area contributed by atoms with Crippen LogP contribution in [0.15, 0.2) is 34.6 Å². The zero-order chi connectivity index (χ0) is 11.1. The molecule has 1 aromatic carbocycles. The van der Waals surface area contributed by atoms with Crippen molar-refractivity contribution in [3.63, 3.8) is 0 Å². The SMILES string of the molecule is N#CCN=NNc1ccc(C(N)=O)cc1. The summed E-state index contributed by atoms with van der Waals surface area (Å²) in [6, 6.07) is 8.25. The summed E-state index contributed by atoms with van der Waals surface area (Å²) in [5.74, 6) is -0.479. The van der Waals surface area contributed by atoms with Crippen molar-refractivity contribution in [3.05, 3.63) is 29.8 Å². The van der Waals surface area contributed by atoms with Crippen molar-refractivity contribution in [1.29, 1.82) is 5.26 Å². The summed E-state index contributed by atoms with van der Waals surface area (Å²) in [5.41, 5.74) is 8.76. The van der Waals surface area contributed by atoms with Crippen molar-refractivity contribution in [3.8, 4) is 6.07 Å². The molecule has 0 aromatic heterocycles. The lowest BCUT2D eigenvalue weighted by molar-refractivity contribution is 0.100. The average Bonchev–Trinajstić information content (AvgIpc) is 2.25. The number of primary amides is 1. The second kappa shape index (κ2) is 5.34. The van der Waals surface area contributed by atoms with E-state index in [0.717, 1.165) is 0 Å². The van der Waals surface area contributed by atoms with Crippen LogP contribution in [0.2, 0.25) is 0 Å². The standard InChI is InChI=1S/C9H9N5O/c10-5-6-12-14-13-8-3-1-7(2-4-8)9(11)15/h1-4H,6H2,(H2,11,15)(H,12,13). The molecule has 0 aliphatic carbocycles. The van der Waals surface area contributed by atoms with Crippen LogP contribution >= 0.6 is 0 Å². The lowest BCUT2D eigenvalue weighted by Crippen LogP contribution is -2.10. The summed E-state index contributed by atoms with van der Waals surface area (Å²) in [6.45, 7) is 0.00632. The van der Waals surface area contributed by atoms with E-state index in [1.54, 1.807) is 24.3 Å². The second-order valence-electron chi connectivity index (χ2n) is 2.61. The number of anilines is 1. The number of nitriles is 1. The van der Waals surface area contributed by atoms with Crippen LogP contribution in [0.3, 0.4) is 0 Å². The molecule has 1 rings (SSSR count). The average molecular weight is 203 g/mol. The van der Waals surface area contributed by atoms with Crippen LogP contribution in [0, 0.1) is 11.3 Å². The van der Waals surface area contributed by atoms with Crippen LogP contribution in [-0.2, 0) is 0 Å². The maximum atomic E-state index is 10.7. The zero-order valence-electron chi connectivity index (χ0n) is 7.84. The van der Waals surface area contributed by atoms with Crippen molar-refractivity contribution >= 4 is 11.6 Å². The molecule has 1 aromatic rings. The molecule has 0 bridgehead atoms. The molecule has 0 saturated heterocycles. The van der Waals surface area contributed by atoms with Crippen LogP contribution in [0.1, 0.15) is 10.4 Å². The number of nitrogens with one attached hydrogen (secondary N) is 1. The van der Waals surface area contributed by atoms with Crippen LogP contribution < -0.4 is 11.2 Å². The molecule has 0 fully saturated rings. The second-order valence-corrected chi connectivity index (χ2v) is 2.61. The van der Waals surface area contributed by atoms with Crippen molar-refractivity contribution in [2.75, 3.05) is 12.0 Å². The Morgan fingerprint density at radius 2 is 2.13 bits per heavy atom. The highest BCUT2D eigenvalue weighted by atomic mass is 16.1. The summed E-state index contributed by atoms with van der Waals surface area (Å²) in [5, 5.41) is 15.2. The maximum Gasteiger partial charge on any atom is 0.248 e. The molecule has 76 valence electrons. The van der Waals surface area contributed by atoms with E-state index in [4.69, 9.17) is 11.0 Å². The monoisotopic (exact) mass is 203 g/mol. The van der Waals surface area contributed by atoms with Crippen LogP contribution in [-0.4, -0.2) is 12.5 Å². The molecule has 0 unspecified atom stereocenters. The van der Waals surface area contributed by atoms with Gasteiger partial charge in [-0.3, -0.25) is 10.2 Å². The third-order valence-corrected chi connectivity index (χ3v) is 1.56.